The molecule has 0 saturated heterocycles. The molecule has 1 heterocycles. The number of amides is 1. The molecule has 3 aromatic rings. The van der Waals surface area contributed by atoms with Crippen LogP contribution in [-0.4, -0.2) is 37.6 Å². The molecular weight excluding hydrogens is 452 g/mol. The molecule has 0 saturated carbocycles. The third-order valence-corrected chi connectivity index (χ3v) is 6.78. The number of carbonyl (C=O) groups is 2. The van der Waals surface area contributed by atoms with Crippen LogP contribution >= 0.6 is 22.9 Å². The molecule has 2 aromatic carbocycles. The first kappa shape index (κ1) is 21.7. The van der Waals surface area contributed by atoms with Crippen LogP contribution in [0, 0.1) is 6.92 Å². The lowest BCUT2D eigenvalue weighted by Gasteiger charge is -2.10. The molecule has 0 bridgehead atoms. The number of rotatable bonds is 6. The standard InChI is InChI=1S/C18H15ClN4O5S2/c1-10-7-8-11(16(25)28-2)9-14(10)23-30(26,27)18-22-21-17(29-18)20-15(24)12-5-3-4-6-13(12)19/h3-9,23H,1-2H3,(H,20,21,24). The van der Waals surface area contributed by atoms with Crippen molar-refractivity contribution in [1.82, 2.24) is 10.2 Å². The maximum atomic E-state index is 12.7. The summed E-state index contributed by atoms with van der Waals surface area (Å²) in [6, 6.07) is 10.9. The fraction of sp³-hybridized carbons (Fsp3) is 0.111. The van der Waals surface area contributed by atoms with Gasteiger partial charge in [-0.25, -0.2) is 4.79 Å². The normalized spacial score (nSPS) is 11.0. The van der Waals surface area contributed by atoms with Crippen molar-refractivity contribution in [3.05, 3.63) is 64.2 Å². The smallest absolute Gasteiger partial charge is 0.337 e. The van der Waals surface area contributed by atoms with Gasteiger partial charge in [-0.15, -0.1) is 10.2 Å². The molecule has 156 valence electrons. The number of hydrogen-bond acceptors (Lipinski definition) is 8. The number of hydrogen-bond donors (Lipinski definition) is 2. The van der Waals surface area contributed by atoms with Gasteiger partial charge in [-0.05, 0) is 36.8 Å². The number of aryl methyl sites for hydroxylation is 1. The van der Waals surface area contributed by atoms with E-state index in [0.717, 1.165) is 0 Å². The fourth-order valence-corrected chi connectivity index (χ4v) is 4.58. The molecule has 0 aliphatic rings. The molecule has 0 radical (unpaired) electrons. The Morgan fingerprint density at radius 1 is 1.13 bits per heavy atom. The molecule has 2 N–H and O–H groups in total. The Labute approximate surface area is 181 Å². The largest absolute Gasteiger partial charge is 0.465 e. The second kappa shape index (κ2) is 8.78. The lowest BCUT2D eigenvalue weighted by atomic mass is 10.1. The van der Waals surface area contributed by atoms with Gasteiger partial charge in [0.05, 0.1) is 28.9 Å². The van der Waals surface area contributed by atoms with Gasteiger partial charge in [0.1, 0.15) is 0 Å². The Hall–Kier alpha value is -3.02. The first-order valence-corrected chi connectivity index (χ1v) is 11.0. The van der Waals surface area contributed by atoms with Crippen LogP contribution < -0.4 is 10.0 Å². The van der Waals surface area contributed by atoms with Gasteiger partial charge in [0, 0.05) is 0 Å². The second-order valence-electron chi connectivity index (χ2n) is 5.93. The third-order valence-electron chi connectivity index (χ3n) is 3.88. The van der Waals surface area contributed by atoms with Gasteiger partial charge in [-0.2, -0.15) is 8.42 Å². The van der Waals surface area contributed by atoms with E-state index in [1.807, 2.05) is 0 Å². The predicted octanol–water partition coefficient (Wildman–Crippen LogP) is 3.34. The van der Waals surface area contributed by atoms with E-state index in [9.17, 15) is 18.0 Å². The number of halogens is 1. The van der Waals surface area contributed by atoms with Gasteiger partial charge in [-0.1, -0.05) is 41.1 Å². The summed E-state index contributed by atoms with van der Waals surface area (Å²) in [5.41, 5.74) is 1.18. The molecule has 0 atom stereocenters. The summed E-state index contributed by atoms with van der Waals surface area (Å²) < 4.78 is 32.0. The Balaban J connectivity index is 1.80. The van der Waals surface area contributed by atoms with E-state index in [4.69, 9.17) is 11.6 Å². The summed E-state index contributed by atoms with van der Waals surface area (Å²) in [5.74, 6) is -1.15. The van der Waals surface area contributed by atoms with Crippen LogP contribution in [0.15, 0.2) is 46.8 Å². The van der Waals surface area contributed by atoms with Crippen molar-refractivity contribution in [3.8, 4) is 0 Å². The van der Waals surface area contributed by atoms with Crippen molar-refractivity contribution in [3.63, 3.8) is 0 Å². The van der Waals surface area contributed by atoms with Crippen LogP contribution in [0.25, 0.3) is 0 Å². The summed E-state index contributed by atoms with van der Waals surface area (Å²) >= 11 is 6.65. The summed E-state index contributed by atoms with van der Waals surface area (Å²) in [6.07, 6.45) is 0. The number of ether oxygens (including phenoxy) is 1. The molecule has 0 aliphatic heterocycles. The molecule has 1 aromatic heterocycles. The molecular formula is C18H15ClN4O5S2. The minimum atomic E-state index is -4.11. The average molecular weight is 467 g/mol. The summed E-state index contributed by atoms with van der Waals surface area (Å²) in [5, 5.41) is 10.0. The summed E-state index contributed by atoms with van der Waals surface area (Å²) in [6.45, 7) is 1.67. The van der Waals surface area contributed by atoms with E-state index >= 15 is 0 Å². The number of nitrogens with one attached hydrogen (secondary N) is 2. The van der Waals surface area contributed by atoms with Crippen LogP contribution in [0.1, 0.15) is 26.3 Å². The minimum absolute atomic E-state index is 0.0136. The van der Waals surface area contributed by atoms with Gasteiger partial charge >= 0.3 is 5.97 Å². The van der Waals surface area contributed by atoms with Crippen LogP contribution in [0.3, 0.4) is 0 Å². The minimum Gasteiger partial charge on any atom is -0.465 e. The zero-order valence-corrected chi connectivity index (χ0v) is 18.1. The molecule has 9 nitrogen and oxygen atoms in total. The summed E-state index contributed by atoms with van der Waals surface area (Å²) in [4.78, 5) is 24.0. The highest BCUT2D eigenvalue weighted by molar-refractivity contribution is 7.94. The van der Waals surface area contributed by atoms with Crippen molar-refractivity contribution < 1.29 is 22.7 Å². The fourth-order valence-electron chi connectivity index (χ4n) is 2.34. The number of anilines is 2. The highest BCUT2D eigenvalue weighted by Crippen LogP contribution is 2.26. The van der Waals surface area contributed by atoms with Crippen LogP contribution in [-0.2, 0) is 14.8 Å². The SMILES string of the molecule is COC(=O)c1ccc(C)c(NS(=O)(=O)c2nnc(NC(=O)c3ccccc3Cl)s2)c1. The van der Waals surface area contributed by atoms with Gasteiger partial charge in [0.25, 0.3) is 20.3 Å². The number of sulfonamides is 1. The quantitative estimate of drug-likeness (QED) is 0.421. The molecule has 3 rings (SSSR count). The second-order valence-corrected chi connectivity index (χ2v) is 9.17. The third kappa shape index (κ3) is 4.75. The lowest BCUT2D eigenvalue weighted by molar-refractivity contribution is 0.0600. The highest BCUT2D eigenvalue weighted by Gasteiger charge is 2.23. The van der Waals surface area contributed by atoms with E-state index in [1.54, 1.807) is 31.2 Å². The van der Waals surface area contributed by atoms with Crippen LogP contribution in [0.2, 0.25) is 5.02 Å². The molecule has 1 amide bonds. The molecule has 0 aliphatic carbocycles. The predicted molar refractivity (Wildman–Crippen MR) is 113 cm³/mol. The van der Waals surface area contributed by atoms with Crippen LogP contribution in [0.4, 0.5) is 10.8 Å². The Bertz CT molecular complexity index is 1230. The molecule has 0 unspecified atom stereocenters. The van der Waals surface area contributed by atoms with E-state index in [1.165, 1.54) is 25.3 Å². The molecule has 30 heavy (non-hydrogen) atoms. The molecule has 0 fully saturated rings. The first-order chi connectivity index (χ1) is 14.2. The van der Waals surface area contributed by atoms with Crippen molar-refractivity contribution in [1.29, 1.82) is 0 Å². The number of carbonyl (C=O) groups excluding carboxylic acids is 2. The van der Waals surface area contributed by atoms with Crippen molar-refractivity contribution in [2.75, 3.05) is 17.1 Å². The number of esters is 1. The number of aromatic nitrogens is 2. The van der Waals surface area contributed by atoms with Gasteiger partial charge in [0.2, 0.25) is 5.13 Å². The van der Waals surface area contributed by atoms with Crippen LogP contribution in [0.5, 0.6) is 0 Å². The van der Waals surface area contributed by atoms with Gasteiger partial charge in [-0.3, -0.25) is 14.8 Å². The Morgan fingerprint density at radius 3 is 2.57 bits per heavy atom. The number of methoxy groups -OCH3 is 1. The zero-order chi connectivity index (χ0) is 21.9. The molecule has 0 spiro atoms. The lowest BCUT2D eigenvalue weighted by Crippen LogP contribution is -2.14. The first-order valence-electron chi connectivity index (χ1n) is 8.32. The Morgan fingerprint density at radius 2 is 1.87 bits per heavy atom. The van der Waals surface area contributed by atoms with Gasteiger partial charge < -0.3 is 4.74 Å². The van der Waals surface area contributed by atoms with E-state index in [-0.39, 0.29) is 31.3 Å². The summed E-state index contributed by atoms with van der Waals surface area (Å²) in [7, 11) is -2.88. The average Bonchev–Trinajstić information content (AvgIpc) is 3.18. The van der Waals surface area contributed by atoms with E-state index < -0.39 is 21.9 Å². The number of nitrogens with zero attached hydrogens (tertiary/aromatic N) is 2. The van der Waals surface area contributed by atoms with Gasteiger partial charge in [0.15, 0.2) is 0 Å². The van der Waals surface area contributed by atoms with Crippen molar-refractivity contribution >= 4 is 55.7 Å². The van der Waals surface area contributed by atoms with Crippen molar-refractivity contribution in [2.45, 2.75) is 11.3 Å². The zero-order valence-electron chi connectivity index (χ0n) is 15.7. The Kier molecular flexibility index (Phi) is 6.34. The maximum absolute atomic E-state index is 12.7. The topological polar surface area (TPSA) is 127 Å². The maximum Gasteiger partial charge on any atom is 0.337 e. The highest BCUT2D eigenvalue weighted by atomic mass is 35.5. The monoisotopic (exact) mass is 466 g/mol. The molecule has 12 heteroatoms. The van der Waals surface area contributed by atoms with E-state index in [2.05, 4.69) is 25.0 Å². The van der Waals surface area contributed by atoms with E-state index in [0.29, 0.717) is 16.9 Å². The number of benzene rings is 2. The van der Waals surface area contributed by atoms with Crippen molar-refractivity contribution in [2.24, 2.45) is 0 Å².